The van der Waals surface area contributed by atoms with E-state index in [1.165, 1.54) is 10.4 Å². The summed E-state index contributed by atoms with van der Waals surface area (Å²) in [7, 11) is 0. The van der Waals surface area contributed by atoms with Gasteiger partial charge in [0.05, 0.1) is 6.04 Å². The van der Waals surface area contributed by atoms with Gasteiger partial charge in [-0.05, 0) is 56.3 Å². The van der Waals surface area contributed by atoms with Crippen molar-refractivity contribution in [2.45, 2.75) is 33.7 Å². The summed E-state index contributed by atoms with van der Waals surface area (Å²) in [5.41, 5.74) is 4.14. The fourth-order valence-electron chi connectivity index (χ4n) is 2.12. The standard InChI is InChI=1S/C15H19NOS/c1-9-5-6-13(11(3)14(9)17)16-12(4)15-10(2)7-8-18-15/h5-8,12,16-17H,1-4H3. The number of aromatic hydroxyl groups is 1. The summed E-state index contributed by atoms with van der Waals surface area (Å²) in [6, 6.07) is 6.37. The predicted molar refractivity (Wildman–Crippen MR) is 78.7 cm³/mol. The van der Waals surface area contributed by atoms with E-state index in [0.29, 0.717) is 5.75 Å². The van der Waals surface area contributed by atoms with E-state index in [2.05, 4.69) is 30.6 Å². The second-order valence-electron chi connectivity index (χ2n) is 4.74. The van der Waals surface area contributed by atoms with Gasteiger partial charge in [0.15, 0.2) is 0 Å². The third kappa shape index (κ3) is 2.36. The lowest BCUT2D eigenvalue weighted by molar-refractivity contribution is 0.467. The Morgan fingerprint density at radius 1 is 1.11 bits per heavy atom. The number of thiophene rings is 1. The smallest absolute Gasteiger partial charge is 0.123 e. The van der Waals surface area contributed by atoms with E-state index in [1.54, 1.807) is 11.3 Å². The largest absolute Gasteiger partial charge is 0.507 e. The number of phenolic OH excluding ortho intramolecular Hbond substituents is 1. The van der Waals surface area contributed by atoms with Crippen LogP contribution in [-0.4, -0.2) is 5.11 Å². The van der Waals surface area contributed by atoms with Crippen molar-refractivity contribution in [2.24, 2.45) is 0 Å². The van der Waals surface area contributed by atoms with Gasteiger partial charge in [0.2, 0.25) is 0 Å². The highest BCUT2D eigenvalue weighted by Gasteiger charge is 2.12. The zero-order valence-corrected chi connectivity index (χ0v) is 12.1. The number of hydrogen-bond donors (Lipinski definition) is 2. The zero-order valence-electron chi connectivity index (χ0n) is 11.2. The number of anilines is 1. The molecule has 0 bridgehead atoms. The van der Waals surface area contributed by atoms with Gasteiger partial charge in [0, 0.05) is 16.1 Å². The summed E-state index contributed by atoms with van der Waals surface area (Å²) in [5.74, 6) is 0.384. The Labute approximate surface area is 112 Å². The molecule has 1 unspecified atom stereocenters. The lowest BCUT2D eigenvalue weighted by Crippen LogP contribution is -2.07. The molecule has 0 saturated carbocycles. The SMILES string of the molecule is Cc1ccsc1C(C)Nc1ccc(C)c(O)c1C. The molecule has 1 aromatic carbocycles. The van der Waals surface area contributed by atoms with E-state index >= 15 is 0 Å². The van der Waals surface area contributed by atoms with Crippen LogP contribution in [0.15, 0.2) is 23.6 Å². The molecule has 0 amide bonds. The van der Waals surface area contributed by atoms with Crippen LogP contribution in [0.3, 0.4) is 0 Å². The molecular weight excluding hydrogens is 242 g/mol. The van der Waals surface area contributed by atoms with Gasteiger partial charge in [-0.1, -0.05) is 6.07 Å². The van der Waals surface area contributed by atoms with E-state index in [4.69, 9.17) is 0 Å². The van der Waals surface area contributed by atoms with Crippen LogP contribution in [-0.2, 0) is 0 Å². The lowest BCUT2D eigenvalue weighted by Gasteiger charge is -2.18. The van der Waals surface area contributed by atoms with Crippen molar-refractivity contribution in [1.29, 1.82) is 0 Å². The van der Waals surface area contributed by atoms with Gasteiger partial charge in [-0.15, -0.1) is 11.3 Å². The van der Waals surface area contributed by atoms with Crippen LogP contribution in [0.25, 0.3) is 0 Å². The Hall–Kier alpha value is -1.48. The Bertz CT molecular complexity index is 560. The molecule has 0 aliphatic rings. The predicted octanol–water partition coefficient (Wildman–Crippen LogP) is 4.55. The second kappa shape index (κ2) is 5.02. The molecule has 3 heteroatoms. The first kappa shape index (κ1) is 13.0. The quantitative estimate of drug-likeness (QED) is 0.849. The average molecular weight is 261 g/mol. The van der Waals surface area contributed by atoms with Crippen molar-refractivity contribution in [3.05, 3.63) is 45.1 Å². The number of hydrogen-bond acceptors (Lipinski definition) is 3. The van der Waals surface area contributed by atoms with Crippen LogP contribution in [0.2, 0.25) is 0 Å². The molecule has 0 aliphatic carbocycles. The maximum absolute atomic E-state index is 9.95. The van der Waals surface area contributed by atoms with Gasteiger partial charge in [-0.25, -0.2) is 0 Å². The number of aryl methyl sites for hydroxylation is 2. The number of rotatable bonds is 3. The summed E-state index contributed by atoms with van der Waals surface area (Å²) < 4.78 is 0. The summed E-state index contributed by atoms with van der Waals surface area (Å²) >= 11 is 1.77. The Morgan fingerprint density at radius 3 is 2.44 bits per heavy atom. The van der Waals surface area contributed by atoms with Crippen LogP contribution >= 0.6 is 11.3 Å². The lowest BCUT2D eigenvalue weighted by atomic mass is 10.1. The first-order valence-electron chi connectivity index (χ1n) is 6.10. The molecule has 2 aromatic rings. The molecule has 0 saturated heterocycles. The zero-order chi connectivity index (χ0) is 13.3. The van der Waals surface area contributed by atoms with Gasteiger partial charge in [0.1, 0.15) is 5.75 Å². The molecule has 2 rings (SSSR count). The van der Waals surface area contributed by atoms with E-state index in [-0.39, 0.29) is 6.04 Å². The molecule has 1 aromatic heterocycles. The van der Waals surface area contributed by atoms with Crippen molar-refractivity contribution in [3.63, 3.8) is 0 Å². The van der Waals surface area contributed by atoms with E-state index in [9.17, 15) is 5.11 Å². The summed E-state index contributed by atoms with van der Waals surface area (Å²) in [6.45, 7) is 8.14. The second-order valence-corrected chi connectivity index (χ2v) is 5.69. The average Bonchev–Trinajstić information content (AvgIpc) is 2.76. The van der Waals surface area contributed by atoms with Gasteiger partial charge < -0.3 is 10.4 Å². The van der Waals surface area contributed by atoms with E-state index in [1.807, 2.05) is 26.0 Å². The number of phenols is 1. The molecular formula is C15H19NOS. The molecule has 0 spiro atoms. The molecule has 0 radical (unpaired) electrons. The fourth-order valence-corrected chi connectivity index (χ4v) is 3.05. The first-order valence-corrected chi connectivity index (χ1v) is 6.98. The normalized spacial score (nSPS) is 12.4. The number of benzene rings is 1. The van der Waals surface area contributed by atoms with Crippen molar-refractivity contribution in [3.8, 4) is 5.75 Å². The summed E-state index contributed by atoms with van der Waals surface area (Å²) in [6.07, 6.45) is 0. The van der Waals surface area contributed by atoms with Crippen molar-refractivity contribution < 1.29 is 5.11 Å². The van der Waals surface area contributed by atoms with Crippen molar-refractivity contribution in [2.75, 3.05) is 5.32 Å². The molecule has 2 N–H and O–H groups in total. The monoisotopic (exact) mass is 261 g/mol. The Balaban J connectivity index is 2.25. The number of nitrogens with one attached hydrogen (secondary N) is 1. The van der Waals surface area contributed by atoms with Gasteiger partial charge in [-0.3, -0.25) is 0 Å². The van der Waals surface area contributed by atoms with Crippen LogP contribution in [0.1, 0.15) is 34.5 Å². The molecule has 96 valence electrons. The molecule has 0 aliphatic heterocycles. The van der Waals surface area contributed by atoms with Gasteiger partial charge in [-0.2, -0.15) is 0 Å². The maximum atomic E-state index is 9.95. The highest BCUT2D eigenvalue weighted by atomic mass is 32.1. The maximum Gasteiger partial charge on any atom is 0.123 e. The van der Waals surface area contributed by atoms with Crippen molar-refractivity contribution >= 4 is 17.0 Å². The van der Waals surface area contributed by atoms with E-state index < -0.39 is 0 Å². The van der Waals surface area contributed by atoms with Crippen LogP contribution in [0.4, 0.5) is 5.69 Å². The van der Waals surface area contributed by atoms with Crippen LogP contribution in [0.5, 0.6) is 5.75 Å². The summed E-state index contributed by atoms with van der Waals surface area (Å²) in [4.78, 5) is 1.34. The van der Waals surface area contributed by atoms with E-state index in [0.717, 1.165) is 16.8 Å². The molecule has 2 nitrogen and oxygen atoms in total. The van der Waals surface area contributed by atoms with Gasteiger partial charge >= 0.3 is 0 Å². The minimum absolute atomic E-state index is 0.255. The third-order valence-electron chi connectivity index (χ3n) is 3.30. The minimum atomic E-state index is 0.255. The van der Waals surface area contributed by atoms with Gasteiger partial charge in [0.25, 0.3) is 0 Å². The minimum Gasteiger partial charge on any atom is -0.507 e. The molecule has 18 heavy (non-hydrogen) atoms. The van der Waals surface area contributed by atoms with Crippen LogP contribution in [0, 0.1) is 20.8 Å². The Kier molecular flexibility index (Phi) is 3.62. The fraction of sp³-hybridized carbons (Fsp3) is 0.333. The Morgan fingerprint density at radius 2 is 1.83 bits per heavy atom. The summed E-state index contributed by atoms with van der Waals surface area (Å²) in [5, 5.41) is 15.5. The highest BCUT2D eigenvalue weighted by molar-refractivity contribution is 7.10. The van der Waals surface area contributed by atoms with Crippen molar-refractivity contribution in [1.82, 2.24) is 0 Å². The molecule has 0 fully saturated rings. The third-order valence-corrected chi connectivity index (χ3v) is 4.50. The van der Waals surface area contributed by atoms with Crippen LogP contribution < -0.4 is 5.32 Å². The topological polar surface area (TPSA) is 32.3 Å². The molecule has 1 atom stereocenters. The molecule has 1 heterocycles. The highest BCUT2D eigenvalue weighted by Crippen LogP contribution is 2.32. The first-order chi connectivity index (χ1) is 8.50.